The minimum Gasteiger partial charge on any atom is -0.383 e. The molecule has 1 aromatic carbocycles. The number of fused-ring (bicyclic) bond motifs is 1. The third kappa shape index (κ3) is 1.10. The summed E-state index contributed by atoms with van der Waals surface area (Å²) in [7, 11) is 0. The molecule has 3 heteroatoms. The second-order valence-electron chi connectivity index (χ2n) is 2.55. The topological polar surface area (TPSA) is 38.9 Å². The fourth-order valence-corrected chi connectivity index (χ4v) is 1.40. The van der Waals surface area contributed by atoms with Gasteiger partial charge >= 0.3 is 0 Å². The van der Waals surface area contributed by atoms with Gasteiger partial charge in [0.2, 0.25) is 0 Å². The lowest BCUT2D eigenvalue weighted by atomic mass is 10.2. The fourth-order valence-electron chi connectivity index (χ4n) is 1.19. The van der Waals surface area contributed by atoms with Crippen LogP contribution in [-0.2, 0) is 0 Å². The largest absolute Gasteiger partial charge is 0.383 e. The summed E-state index contributed by atoms with van der Waals surface area (Å²) in [6.07, 6.45) is 0. The lowest BCUT2D eigenvalue weighted by Gasteiger charge is -2.00. The number of nitrogens with two attached hydrogens (primary N) is 1. The smallest absolute Gasteiger partial charge is 0.133 e. The van der Waals surface area contributed by atoms with Gasteiger partial charge in [-0.3, -0.25) is 0 Å². The van der Waals surface area contributed by atoms with Crippen LogP contribution in [-0.4, -0.2) is 4.98 Å². The molecular formula is C9H7ClN2. The Bertz CT molecular complexity index is 426. The average Bonchev–Trinajstić information content (AvgIpc) is 2.04. The molecule has 0 amide bonds. The van der Waals surface area contributed by atoms with Crippen molar-refractivity contribution < 1.29 is 0 Å². The summed E-state index contributed by atoms with van der Waals surface area (Å²) in [6, 6.07) is 9.55. The molecular weight excluding hydrogens is 172 g/mol. The number of halogens is 1. The zero-order chi connectivity index (χ0) is 8.55. The first kappa shape index (κ1) is 7.37. The predicted molar refractivity (Wildman–Crippen MR) is 51.2 cm³/mol. The van der Waals surface area contributed by atoms with Crippen LogP contribution in [0.3, 0.4) is 0 Å². The molecule has 0 fully saturated rings. The van der Waals surface area contributed by atoms with Crippen molar-refractivity contribution >= 4 is 28.2 Å². The van der Waals surface area contributed by atoms with Crippen LogP contribution < -0.4 is 5.73 Å². The molecule has 0 saturated heterocycles. The minimum absolute atomic E-state index is 0.436. The van der Waals surface area contributed by atoms with Gasteiger partial charge in [0.1, 0.15) is 11.0 Å². The van der Waals surface area contributed by atoms with Crippen molar-refractivity contribution in [2.24, 2.45) is 0 Å². The van der Waals surface area contributed by atoms with E-state index in [9.17, 15) is 0 Å². The predicted octanol–water partition coefficient (Wildman–Crippen LogP) is 2.47. The van der Waals surface area contributed by atoms with E-state index in [1.54, 1.807) is 6.07 Å². The van der Waals surface area contributed by atoms with Gasteiger partial charge in [-0.25, -0.2) is 4.98 Å². The Morgan fingerprint density at radius 2 is 2.00 bits per heavy atom. The zero-order valence-corrected chi connectivity index (χ0v) is 7.05. The molecule has 0 saturated carbocycles. The summed E-state index contributed by atoms with van der Waals surface area (Å²) in [5.41, 5.74) is 5.66. The van der Waals surface area contributed by atoms with E-state index in [0.717, 1.165) is 10.8 Å². The Hall–Kier alpha value is -1.28. The highest BCUT2D eigenvalue weighted by atomic mass is 35.5. The van der Waals surface area contributed by atoms with Crippen molar-refractivity contribution in [3.63, 3.8) is 0 Å². The summed E-state index contributed by atoms with van der Waals surface area (Å²) in [5.74, 6) is 0.484. The van der Waals surface area contributed by atoms with Gasteiger partial charge in [-0.1, -0.05) is 35.9 Å². The van der Waals surface area contributed by atoms with Crippen LogP contribution in [0.1, 0.15) is 0 Å². The number of aromatic nitrogens is 1. The normalized spacial score (nSPS) is 10.4. The van der Waals surface area contributed by atoms with E-state index in [4.69, 9.17) is 17.3 Å². The summed E-state index contributed by atoms with van der Waals surface area (Å²) >= 11 is 5.73. The molecule has 0 aliphatic heterocycles. The quantitative estimate of drug-likeness (QED) is 0.630. The second kappa shape index (κ2) is 2.64. The van der Waals surface area contributed by atoms with Gasteiger partial charge in [-0.05, 0) is 11.5 Å². The molecule has 60 valence electrons. The van der Waals surface area contributed by atoms with Crippen molar-refractivity contribution in [3.8, 4) is 0 Å². The van der Waals surface area contributed by atoms with Crippen molar-refractivity contribution in [2.45, 2.75) is 0 Å². The van der Waals surface area contributed by atoms with E-state index >= 15 is 0 Å². The Balaban J connectivity index is 2.89. The highest BCUT2D eigenvalue weighted by molar-refractivity contribution is 6.30. The van der Waals surface area contributed by atoms with Gasteiger partial charge in [0.05, 0.1) is 0 Å². The van der Waals surface area contributed by atoms with E-state index in [1.807, 2.05) is 24.3 Å². The first-order chi connectivity index (χ1) is 5.77. The first-order valence-electron chi connectivity index (χ1n) is 3.58. The highest BCUT2D eigenvalue weighted by Crippen LogP contribution is 2.21. The third-order valence-corrected chi connectivity index (χ3v) is 1.93. The standard InChI is InChI=1S/C9H7ClN2/c10-8-5-6-3-1-2-4-7(6)9(11)12-8/h1-5H,(H2,11,12). The number of rotatable bonds is 0. The van der Waals surface area contributed by atoms with Crippen LogP contribution in [0.4, 0.5) is 5.82 Å². The fraction of sp³-hybridized carbons (Fsp3) is 0. The second-order valence-corrected chi connectivity index (χ2v) is 2.94. The van der Waals surface area contributed by atoms with Gasteiger partial charge < -0.3 is 5.73 Å². The lowest BCUT2D eigenvalue weighted by molar-refractivity contribution is 1.37. The van der Waals surface area contributed by atoms with Gasteiger partial charge in [-0.2, -0.15) is 0 Å². The molecule has 0 unspecified atom stereocenters. The molecule has 2 rings (SSSR count). The number of pyridine rings is 1. The Morgan fingerprint density at radius 3 is 2.83 bits per heavy atom. The van der Waals surface area contributed by atoms with Gasteiger partial charge in [0.25, 0.3) is 0 Å². The monoisotopic (exact) mass is 178 g/mol. The van der Waals surface area contributed by atoms with E-state index in [1.165, 1.54) is 0 Å². The summed E-state index contributed by atoms with van der Waals surface area (Å²) in [4.78, 5) is 3.94. The van der Waals surface area contributed by atoms with Crippen LogP contribution in [0.2, 0.25) is 5.15 Å². The molecule has 0 aliphatic rings. The Morgan fingerprint density at radius 1 is 1.25 bits per heavy atom. The van der Waals surface area contributed by atoms with Crippen LogP contribution in [0.15, 0.2) is 30.3 Å². The van der Waals surface area contributed by atoms with Gasteiger partial charge in [-0.15, -0.1) is 0 Å². The highest BCUT2D eigenvalue weighted by Gasteiger charge is 1.99. The minimum atomic E-state index is 0.436. The number of benzene rings is 1. The summed E-state index contributed by atoms with van der Waals surface area (Å²) in [6.45, 7) is 0. The maximum atomic E-state index is 5.73. The van der Waals surface area contributed by atoms with Crippen LogP contribution in [0, 0.1) is 0 Å². The molecule has 1 aromatic heterocycles. The maximum Gasteiger partial charge on any atom is 0.133 e. The molecule has 0 aliphatic carbocycles. The molecule has 0 bridgehead atoms. The molecule has 1 heterocycles. The number of hydrogen-bond donors (Lipinski definition) is 1. The summed E-state index contributed by atoms with van der Waals surface area (Å²) < 4.78 is 0. The molecule has 2 aromatic rings. The van der Waals surface area contributed by atoms with E-state index in [0.29, 0.717) is 11.0 Å². The Labute approximate surface area is 75.0 Å². The average molecular weight is 179 g/mol. The summed E-state index contributed by atoms with van der Waals surface area (Å²) in [5, 5.41) is 2.41. The molecule has 2 nitrogen and oxygen atoms in total. The lowest BCUT2D eigenvalue weighted by Crippen LogP contribution is -1.91. The molecule has 12 heavy (non-hydrogen) atoms. The molecule has 0 radical (unpaired) electrons. The van der Waals surface area contributed by atoms with Gasteiger partial charge in [0, 0.05) is 5.39 Å². The van der Waals surface area contributed by atoms with Crippen molar-refractivity contribution in [1.82, 2.24) is 4.98 Å². The molecule has 0 atom stereocenters. The van der Waals surface area contributed by atoms with E-state index in [2.05, 4.69) is 4.98 Å². The maximum absolute atomic E-state index is 5.73. The molecule has 2 N–H and O–H groups in total. The van der Waals surface area contributed by atoms with Crippen molar-refractivity contribution in [1.29, 1.82) is 0 Å². The number of nitrogen functional groups attached to an aromatic ring is 1. The van der Waals surface area contributed by atoms with Crippen molar-refractivity contribution in [2.75, 3.05) is 5.73 Å². The van der Waals surface area contributed by atoms with Gasteiger partial charge in [0.15, 0.2) is 0 Å². The Kier molecular flexibility index (Phi) is 1.62. The first-order valence-corrected chi connectivity index (χ1v) is 3.96. The number of nitrogens with zero attached hydrogens (tertiary/aromatic N) is 1. The van der Waals surface area contributed by atoms with Crippen LogP contribution in [0.5, 0.6) is 0 Å². The van der Waals surface area contributed by atoms with E-state index < -0.39 is 0 Å². The SMILES string of the molecule is Nc1nc(Cl)cc2ccccc12. The zero-order valence-electron chi connectivity index (χ0n) is 6.29. The van der Waals surface area contributed by atoms with Crippen LogP contribution >= 0.6 is 11.6 Å². The third-order valence-electron chi connectivity index (χ3n) is 1.74. The van der Waals surface area contributed by atoms with Crippen molar-refractivity contribution in [3.05, 3.63) is 35.5 Å². The number of hydrogen-bond acceptors (Lipinski definition) is 2. The molecule has 0 spiro atoms. The number of anilines is 1. The van der Waals surface area contributed by atoms with Crippen LogP contribution in [0.25, 0.3) is 10.8 Å². The van der Waals surface area contributed by atoms with E-state index in [-0.39, 0.29) is 0 Å².